The molecular formula is C15H18BrFO2. The molecule has 1 N–H and O–H groups in total. The molecule has 19 heavy (non-hydrogen) atoms. The third kappa shape index (κ3) is 2.99. The molecule has 1 aliphatic carbocycles. The average Bonchev–Trinajstić information content (AvgIpc) is 2.41. The van der Waals surface area contributed by atoms with Crippen LogP contribution in [0.1, 0.15) is 44.1 Å². The van der Waals surface area contributed by atoms with E-state index in [-0.39, 0.29) is 11.7 Å². The van der Waals surface area contributed by atoms with Crippen molar-refractivity contribution in [3.63, 3.8) is 0 Å². The van der Waals surface area contributed by atoms with Crippen molar-refractivity contribution < 1.29 is 14.3 Å². The first-order valence-electron chi connectivity index (χ1n) is 6.71. The summed E-state index contributed by atoms with van der Waals surface area (Å²) in [6, 6.07) is 5.14. The Morgan fingerprint density at radius 1 is 1.47 bits per heavy atom. The van der Waals surface area contributed by atoms with E-state index in [4.69, 9.17) is 0 Å². The fraction of sp³-hybridized carbons (Fsp3) is 0.533. The minimum absolute atomic E-state index is 0.214. The summed E-state index contributed by atoms with van der Waals surface area (Å²) >= 11 is 3.18. The summed E-state index contributed by atoms with van der Waals surface area (Å²) in [5.41, 5.74) is 0.542. The SMILES string of the molecule is CCC1CCC(C(=O)O)C(c2cccc(Br)c2F)C1. The van der Waals surface area contributed by atoms with E-state index in [1.807, 2.05) is 0 Å². The quantitative estimate of drug-likeness (QED) is 0.881. The normalized spacial score (nSPS) is 27.2. The monoisotopic (exact) mass is 328 g/mol. The van der Waals surface area contributed by atoms with Gasteiger partial charge in [-0.3, -0.25) is 4.79 Å². The molecule has 0 aromatic heterocycles. The van der Waals surface area contributed by atoms with Gasteiger partial charge < -0.3 is 5.11 Å². The molecule has 2 nitrogen and oxygen atoms in total. The van der Waals surface area contributed by atoms with Gasteiger partial charge in [0.15, 0.2) is 0 Å². The van der Waals surface area contributed by atoms with Crippen LogP contribution in [0.25, 0.3) is 0 Å². The zero-order chi connectivity index (χ0) is 14.0. The minimum atomic E-state index is -0.807. The first kappa shape index (κ1) is 14.5. The van der Waals surface area contributed by atoms with Gasteiger partial charge >= 0.3 is 5.97 Å². The molecule has 1 fully saturated rings. The van der Waals surface area contributed by atoms with Crippen molar-refractivity contribution in [3.05, 3.63) is 34.1 Å². The summed E-state index contributed by atoms with van der Waals surface area (Å²) in [4.78, 5) is 11.4. The third-order valence-corrected chi connectivity index (χ3v) is 4.85. The average molecular weight is 329 g/mol. The number of halogens is 2. The largest absolute Gasteiger partial charge is 0.481 e. The van der Waals surface area contributed by atoms with Crippen molar-refractivity contribution in [2.75, 3.05) is 0 Å². The van der Waals surface area contributed by atoms with E-state index in [2.05, 4.69) is 22.9 Å². The topological polar surface area (TPSA) is 37.3 Å². The lowest BCUT2D eigenvalue weighted by molar-refractivity contribution is -0.144. The molecule has 0 amide bonds. The highest BCUT2D eigenvalue weighted by Crippen LogP contribution is 2.43. The molecule has 0 bridgehead atoms. The van der Waals surface area contributed by atoms with E-state index in [0.717, 1.165) is 19.3 Å². The molecular weight excluding hydrogens is 311 g/mol. The van der Waals surface area contributed by atoms with Gasteiger partial charge in [0.1, 0.15) is 5.82 Å². The Morgan fingerprint density at radius 2 is 2.21 bits per heavy atom. The van der Waals surface area contributed by atoms with Gasteiger partial charge in [-0.15, -0.1) is 0 Å². The van der Waals surface area contributed by atoms with E-state index >= 15 is 0 Å². The van der Waals surface area contributed by atoms with Gasteiger partial charge in [0.2, 0.25) is 0 Å². The number of carboxylic acids is 1. The Bertz CT molecular complexity index is 475. The number of hydrogen-bond acceptors (Lipinski definition) is 1. The van der Waals surface area contributed by atoms with Gasteiger partial charge in [0.25, 0.3) is 0 Å². The second-order valence-corrected chi connectivity index (χ2v) is 6.14. The van der Waals surface area contributed by atoms with E-state index in [1.165, 1.54) is 0 Å². The van der Waals surface area contributed by atoms with E-state index in [9.17, 15) is 14.3 Å². The van der Waals surface area contributed by atoms with Crippen LogP contribution in [-0.4, -0.2) is 11.1 Å². The summed E-state index contributed by atoms with van der Waals surface area (Å²) < 4.78 is 14.6. The smallest absolute Gasteiger partial charge is 0.307 e. The molecule has 0 radical (unpaired) electrons. The lowest BCUT2D eigenvalue weighted by Gasteiger charge is -2.34. The van der Waals surface area contributed by atoms with Crippen LogP contribution in [0, 0.1) is 17.7 Å². The van der Waals surface area contributed by atoms with E-state index < -0.39 is 11.9 Å². The summed E-state index contributed by atoms with van der Waals surface area (Å²) in [6.07, 6.45) is 3.36. The molecule has 3 atom stereocenters. The maximum Gasteiger partial charge on any atom is 0.307 e. The third-order valence-electron chi connectivity index (χ3n) is 4.23. The minimum Gasteiger partial charge on any atom is -0.481 e. The second kappa shape index (κ2) is 6.04. The van der Waals surface area contributed by atoms with Crippen LogP contribution in [0.4, 0.5) is 4.39 Å². The molecule has 104 valence electrons. The van der Waals surface area contributed by atoms with Crippen molar-refractivity contribution in [1.29, 1.82) is 0 Å². The van der Waals surface area contributed by atoms with Crippen LogP contribution in [0.3, 0.4) is 0 Å². The van der Waals surface area contributed by atoms with Crippen LogP contribution in [0.15, 0.2) is 22.7 Å². The van der Waals surface area contributed by atoms with Gasteiger partial charge in [-0.1, -0.05) is 25.5 Å². The fourth-order valence-electron chi connectivity index (χ4n) is 3.07. The highest BCUT2D eigenvalue weighted by atomic mass is 79.9. The molecule has 1 aliphatic rings. The van der Waals surface area contributed by atoms with Crippen LogP contribution in [0.5, 0.6) is 0 Å². The molecule has 0 heterocycles. The van der Waals surface area contributed by atoms with Crippen molar-refractivity contribution in [3.8, 4) is 0 Å². The van der Waals surface area contributed by atoms with Gasteiger partial charge in [0, 0.05) is 5.92 Å². The van der Waals surface area contributed by atoms with Crippen molar-refractivity contribution in [1.82, 2.24) is 0 Å². The Morgan fingerprint density at radius 3 is 2.84 bits per heavy atom. The number of aliphatic carboxylic acids is 1. The fourth-order valence-corrected chi connectivity index (χ4v) is 3.46. The maximum atomic E-state index is 14.2. The van der Waals surface area contributed by atoms with Gasteiger partial charge in [0.05, 0.1) is 10.4 Å². The summed E-state index contributed by atoms with van der Waals surface area (Å²) in [5, 5.41) is 9.35. The number of rotatable bonds is 3. The molecule has 1 aromatic carbocycles. The maximum absolute atomic E-state index is 14.2. The van der Waals surface area contributed by atoms with Crippen molar-refractivity contribution in [2.45, 2.75) is 38.5 Å². The Hall–Kier alpha value is -0.900. The first-order chi connectivity index (χ1) is 9.04. The van der Waals surface area contributed by atoms with E-state index in [0.29, 0.717) is 22.4 Å². The molecule has 0 saturated heterocycles. The molecule has 1 saturated carbocycles. The summed E-state index contributed by atoms with van der Waals surface area (Å²) in [7, 11) is 0. The number of carbonyl (C=O) groups is 1. The highest BCUT2D eigenvalue weighted by molar-refractivity contribution is 9.10. The number of hydrogen-bond donors (Lipinski definition) is 1. The molecule has 0 aliphatic heterocycles. The van der Waals surface area contributed by atoms with E-state index in [1.54, 1.807) is 18.2 Å². The van der Waals surface area contributed by atoms with Gasteiger partial charge in [-0.05, 0) is 52.7 Å². The lowest BCUT2D eigenvalue weighted by Crippen LogP contribution is -2.29. The highest BCUT2D eigenvalue weighted by Gasteiger charge is 2.36. The van der Waals surface area contributed by atoms with Crippen LogP contribution >= 0.6 is 15.9 Å². The zero-order valence-electron chi connectivity index (χ0n) is 10.9. The second-order valence-electron chi connectivity index (χ2n) is 5.28. The molecule has 4 heteroatoms. The van der Waals surface area contributed by atoms with Gasteiger partial charge in [-0.2, -0.15) is 0 Å². The Labute approximate surface area is 121 Å². The zero-order valence-corrected chi connectivity index (χ0v) is 12.5. The van der Waals surface area contributed by atoms with Crippen LogP contribution < -0.4 is 0 Å². The number of benzene rings is 1. The van der Waals surface area contributed by atoms with Gasteiger partial charge in [-0.25, -0.2) is 4.39 Å². The first-order valence-corrected chi connectivity index (χ1v) is 7.50. The Balaban J connectivity index is 2.36. The summed E-state index contributed by atoms with van der Waals surface area (Å²) in [5.74, 6) is -1.30. The molecule has 2 rings (SSSR count). The van der Waals surface area contributed by atoms with Crippen molar-refractivity contribution >= 4 is 21.9 Å². The molecule has 3 unspecified atom stereocenters. The lowest BCUT2D eigenvalue weighted by atomic mass is 9.70. The predicted molar refractivity (Wildman–Crippen MR) is 75.6 cm³/mol. The predicted octanol–water partition coefficient (Wildman–Crippen LogP) is 4.58. The number of carboxylic acid groups (broad SMARTS) is 1. The van der Waals surface area contributed by atoms with Crippen molar-refractivity contribution in [2.24, 2.45) is 11.8 Å². The summed E-state index contributed by atoms with van der Waals surface area (Å²) in [6.45, 7) is 2.11. The standard InChI is InChI=1S/C15H18BrFO2/c1-2-9-6-7-11(15(18)19)12(8-9)10-4-3-5-13(16)14(10)17/h3-5,9,11-12H,2,6-8H2,1H3,(H,18,19). The molecule has 0 spiro atoms. The van der Waals surface area contributed by atoms with Crippen LogP contribution in [0.2, 0.25) is 0 Å². The Kier molecular flexibility index (Phi) is 4.61. The molecule has 1 aromatic rings. The van der Waals surface area contributed by atoms with Crippen LogP contribution in [-0.2, 0) is 4.79 Å².